The molecule has 1 aromatic heterocycles. The molecule has 22 heavy (non-hydrogen) atoms. The summed E-state index contributed by atoms with van der Waals surface area (Å²) in [4.78, 5) is 2.59. The summed E-state index contributed by atoms with van der Waals surface area (Å²) in [5, 5.41) is 4.84. The van der Waals surface area contributed by atoms with Crippen LogP contribution in [0.4, 0.5) is 0 Å². The highest BCUT2D eigenvalue weighted by molar-refractivity contribution is 5.83. The van der Waals surface area contributed by atoms with E-state index >= 15 is 0 Å². The van der Waals surface area contributed by atoms with Crippen LogP contribution in [0.5, 0.6) is 5.75 Å². The molecule has 2 fully saturated rings. The molecule has 118 valence electrons. The first kappa shape index (κ1) is 14.1. The molecule has 2 aliphatic rings. The van der Waals surface area contributed by atoms with Crippen LogP contribution in [0.25, 0.3) is 11.0 Å². The molecule has 0 amide bonds. The number of fused-ring (bicyclic) bond motifs is 2. The molecule has 0 aliphatic carbocycles. The molecule has 0 saturated carbocycles. The molecule has 0 bridgehead atoms. The van der Waals surface area contributed by atoms with Crippen molar-refractivity contribution in [3.63, 3.8) is 0 Å². The molecule has 2 saturated heterocycles. The van der Waals surface area contributed by atoms with E-state index in [1.165, 1.54) is 32.2 Å². The fraction of sp³-hybridized carbons (Fsp3) is 0.556. The molecule has 4 nitrogen and oxygen atoms in total. The van der Waals surface area contributed by atoms with E-state index in [9.17, 15) is 0 Å². The lowest BCUT2D eigenvalue weighted by Gasteiger charge is -2.26. The predicted octanol–water partition coefficient (Wildman–Crippen LogP) is 3.16. The van der Waals surface area contributed by atoms with Crippen molar-refractivity contribution in [2.45, 2.75) is 44.3 Å². The number of nitrogens with zero attached hydrogens (tertiary/aromatic N) is 1. The Hall–Kier alpha value is -1.52. The maximum atomic E-state index is 6.08. The van der Waals surface area contributed by atoms with Crippen LogP contribution < -0.4 is 10.1 Å². The molecular formula is C18H24N2O2. The number of hydrogen-bond acceptors (Lipinski definition) is 4. The van der Waals surface area contributed by atoms with E-state index in [0.717, 1.165) is 35.6 Å². The topological polar surface area (TPSA) is 37.6 Å². The maximum Gasteiger partial charge on any atom is 0.176 e. The van der Waals surface area contributed by atoms with E-state index in [-0.39, 0.29) is 0 Å². The van der Waals surface area contributed by atoms with E-state index in [0.29, 0.717) is 12.1 Å². The Morgan fingerprint density at radius 3 is 3.18 bits per heavy atom. The van der Waals surface area contributed by atoms with E-state index in [1.807, 2.05) is 12.1 Å². The van der Waals surface area contributed by atoms with Crippen molar-refractivity contribution in [1.82, 2.24) is 10.2 Å². The van der Waals surface area contributed by atoms with Crippen molar-refractivity contribution in [2.24, 2.45) is 0 Å². The van der Waals surface area contributed by atoms with Gasteiger partial charge in [0.25, 0.3) is 0 Å². The fourth-order valence-electron chi connectivity index (χ4n) is 4.03. The van der Waals surface area contributed by atoms with Crippen LogP contribution in [-0.2, 0) is 6.54 Å². The highest BCUT2D eigenvalue weighted by atomic mass is 16.5. The van der Waals surface area contributed by atoms with Crippen LogP contribution in [0.1, 0.15) is 31.4 Å². The number of hydrogen-bond donors (Lipinski definition) is 1. The van der Waals surface area contributed by atoms with Crippen LogP contribution in [0, 0.1) is 0 Å². The Morgan fingerprint density at radius 1 is 1.32 bits per heavy atom. The normalized spacial score (nSPS) is 26.0. The van der Waals surface area contributed by atoms with Crippen LogP contribution >= 0.6 is 0 Å². The standard InChI is InChI=1S/C18H24N2O2/c1-21-17-7-4-5-13-11-14(22-18(13)17)12-20-10-8-15-16(20)6-2-3-9-19-15/h4-5,7,11,15-16,19H,2-3,6,8-10,12H2,1H3/t15-,16-/m1/s1. The minimum Gasteiger partial charge on any atom is -0.493 e. The Kier molecular flexibility index (Phi) is 3.80. The average Bonchev–Trinajstić information content (AvgIpc) is 3.03. The van der Waals surface area contributed by atoms with Crippen LogP contribution in [-0.4, -0.2) is 37.2 Å². The minimum absolute atomic E-state index is 0.664. The third-order valence-electron chi connectivity index (χ3n) is 5.13. The van der Waals surface area contributed by atoms with E-state index in [4.69, 9.17) is 9.15 Å². The molecule has 1 N–H and O–H groups in total. The summed E-state index contributed by atoms with van der Waals surface area (Å²) in [5.74, 6) is 1.86. The lowest BCUT2D eigenvalue weighted by atomic mass is 10.1. The van der Waals surface area contributed by atoms with Gasteiger partial charge in [0, 0.05) is 24.0 Å². The lowest BCUT2D eigenvalue weighted by Crippen LogP contribution is -2.40. The van der Waals surface area contributed by atoms with Gasteiger partial charge in [-0.05, 0) is 37.9 Å². The zero-order valence-electron chi connectivity index (χ0n) is 13.2. The second-order valence-electron chi connectivity index (χ2n) is 6.47. The van der Waals surface area contributed by atoms with Gasteiger partial charge in [-0.25, -0.2) is 0 Å². The smallest absolute Gasteiger partial charge is 0.176 e. The summed E-state index contributed by atoms with van der Waals surface area (Å²) in [6.07, 6.45) is 5.21. The third kappa shape index (κ3) is 2.50. The predicted molar refractivity (Wildman–Crippen MR) is 87.2 cm³/mol. The van der Waals surface area contributed by atoms with E-state index in [2.05, 4.69) is 22.3 Å². The second kappa shape index (κ2) is 5.94. The summed E-state index contributed by atoms with van der Waals surface area (Å²) in [6, 6.07) is 9.55. The Bertz CT molecular complexity index is 652. The van der Waals surface area contributed by atoms with Crippen molar-refractivity contribution in [3.8, 4) is 5.75 Å². The minimum atomic E-state index is 0.664. The molecule has 2 aliphatic heterocycles. The van der Waals surface area contributed by atoms with E-state index < -0.39 is 0 Å². The molecule has 1 aromatic carbocycles. The first-order chi connectivity index (χ1) is 10.8. The van der Waals surface area contributed by atoms with Gasteiger partial charge < -0.3 is 14.5 Å². The van der Waals surface area contributed by atoms with Gasteiger partial charge in [-0.3, -0.25) is 4.90 Å². The van der Waals surface area contributed by atoms with Gasteiger partial charge in [0.15, 0.2) is 11.3 Å². The molecule has 0 spiro atoms. The molecule has 0 radical (unpaired) electrons. The molecular weight excluding hydrogens is 276 g/mol. The Morgan fingerprint density at radius 2 is 2.27 bits per heavy atom. The highest BCUT2D eigenvalue weighted by Crippen LogP contribution is 2.31. The highest BCUT2D eigenvalue weighted by Gasteiger charge is 2.34. The molecule has 4 heteroatoms. The van der Waals surface area contributed by atoms with Crippen molar-refractivity contribution in [2.75, 3.05) is 20.2 Å². The van der Waals surface area contributed by atoms with Crippen LogP contribution in [0.15, 0.2) is 28.7 Å². The zero-order chi connectivity index (χ0) is 14.9. The van der Waals surface area contributed by atoms with Crippen molar-refractivity contribution in [3.05, 3.63) is 30.0 Å². The number of para-hydroxylation sites is 1. The third-order valence-corrected chi connectivity index (χ3v) is 5.13. The van der Waals surface area contributed by atoms with Gasteiger partial charge in [-0.1, -0.05) is 18.6 Å². The molecule has 3 heterocycles. The van der Waals surface area contributed by atoms with Gasteiger partial charge in [0.1, 0.15) is 5.76 Å². The molecule has 0 unspecified atom stereocenters. The Labute approximate surface area is 131 Å². The Balaban J connectivity index is 1.55. The number of rotatable bonds is 3. The first-order valence-corrected chi connectivity index (χ1v) is 8.38. The molecule has 4 rings (SSSR count). The van der Waals surface area contributed by atoms with Crippen LogP contribution in [0.2, 0.25) is 0 Å². The monoisotopic (exact) mass is 300 g/mol. The number of nitrogens with one attached hydrogen (secondary N) is 1. The molecule has 2 atom stereocenters. The van der Waals surface area contributed by atoms with Gasteiger partial charge in [0.05, 0.1) is 13.7 Å². The quantitative estimate of drug-likeness (QED) is 0.945. The average molecular weight is 300 g/mol. The number of furan rings is 1. The summed E-state index contributed by atoms with van der Waals surface area (Å²) in [5.41, 5.74) is 0.870. The number of benzene rings is 1. The van der Waals surface area contributed by atoms with Crippen molar-refractivity contribution < 1.29 is 9.15 Å². The summed E-state index contributed by atoms with van der Waals surface area (Å²) < 4.78 is 11.5. The summed E-state index contributed by atoms with van der Waals surface area (Å²) in [6.45, 7) is 3.24. The van der Waals surface area contributed by atoms with Gasteiger partial charge in [0.2, 0.25) is 0 Å². The van der Waals surface area contributed by atoms with Gasteiger partial charge in [-0.15, -0.1) is 0 Å². The van der Waals surface area contributed by atoms with Crippen molar-refractivity contribution >= 4 is 11.0 Å². The van der Waals surface area contributed by atoms with E-state index in [1.54, 1.807) is 7.11 Å². The fourth-order valence-corrected chi connectivity index (χ4v) is 4.03. The van der Waals surface area contributed by atoms with Gasteiger partial charge >= 0.3 is 0 Å². The summed E-state index contributed by atoms with van der Waals surface area (Å²) >= 11 is 0. The summed E-state index contributed by atoms with van der Waals surface area (Å²) in [7, 11) is 1.69. The number of likely N-dealkylation sites (tertiary alicyclic amines) is 1. The van der Waals surface area contributed by atoms with Crippen LogP contribution in [0.3, 0.4) is 0 Å². The largest absolute Gasteiger partial charge is 0.493 e. The molecule has 2 aromatic rings. The lowest BCUT2D eigenvalue weighted by molar-refractivity contribution is 0.206. The second-order valence-corrected chi connectivity index (χ2v) is 6.47. The zero-order valence-corrected chi connectivity index (χ0v) is 13.2. The number of ether oxygens (including phenoxy) is 1. The van der Waals surface area contributed by atoms with Gasteiger partial charge in [-0.2, -0.15) is 0 Å². The van der Waals surface area contributed by atoms with Crippen molar-refractivity contribution in [1.29, 1.82) is 0 Å². The first-order valence-electron chi connectivity index (χ1n) is 8.38. The number of methoxy groups -OCH3 is 1. The SMILES string of the molecule is COc1cccc2cc(CN3CC[C@H]4NCCCC[C@H]43)oc12. The maximum absolute atomic E-state index is 6.08.